The van der Waals surface area contributed by atoms with E-state index in [0.29, 0.717) is 5.92 Å². The third-order valence-corrected chi connectivity index (χ3v) is 3.97. The van der Waals surface area contributed by atoms with Crippen LogP contribution < -0.4 is 0 Å². The van der Waals surface area contributed by atoms with E-state index in [1.54, 1.807) is 7.11 Å². The molecule has 0 radical (unpaired) electrons. The quantitative estimate of drug-likeness (QED) is 0.746. The lowest BCUT2D eigenvalue weighted by Crippen LogP contribution is -2.32. The topological polar surface area (TPSA) is 21.7 Å². The van der Waals surface area contributed by atoms with Crippen LogP contribution in [0.15, 0.2) is 17.5 Å². The second-order valence-corrected chi connectivity index (χ2v) is 5.57. The van der Waals surface area contributed by atoms with Gasteiger partial charge in [-0.15, -0.1) is 11.3 Å². The number of methoxy groups -OCH3 is 1. The fourth-order valence-corrected chi connectivity index (χ4v) is 2.92. The lowest BCUT2D eigenvalue weighted by atomic mass is 10.1. The van der Waals surface area contributed by atoms with Gasteiger partial charge in [0.1, 0.15) is 0 Å². The maximum Gasteiger partial charge on any atom is 0.0589 e. The van der Waals surface area contributed by atoms with Gasteiger partial charge >= 0.3 is 0 Å². The van der Waals surface area contributed by atoms with E-state index in [1.807, 2.05) is 11.3 Å². The maximum absolute atomic E-state index is 5.44. The molecule has 0 amide bonds. The molecule has 1 aliphatic heterocycles. The summed E-state index contributed by atoms with van der Waals surface area (Å²) in [5, 5.41) is 2.14. The van der Waals surface area contributed by atoms with Crippen LogP contribution in [0.5, 0.6) is 0 Å². The summed E-state index contributed by atoms with van der Waals surface area (Å²) in [4.78, 5) is 3.91. The Labute approximate surface area is 107 Å². The predicted octanol–water partition coefficient (Wildman–Crippen LogP) is 2.23. The summed E-state index contributed by atoms with van der Waals surface area (Å²) in [6.07, 6.45) is 1.20. The Bertz CT molecular complexity index is 296. The molecule has 1 saturated heterocycles. The second-order valence-electron chi connectivity index (χ2n) is 4.54. The molecule has 0 bridgehead atoms. The van der Waals surface area contributed by atoms with Crippen LogP contribution >= 0.6 is 11.3 Å². The molecule has 1 aliphatic rings. The fraction of sp³-hybridized carbons (Fsp3) is 0.692. The van der Waals surface area contributed by atoms with Crippen molar-refractivity contribution in [3.05, 3.63) is 22.4 Å². The van der Waals surface area contributed by atoms with Crippen LogP contribution in [0.2, 0.25) is 0 Å². The summed E-state index contributed by atoms with van der Waals surface area (Å²) in [6.45, 7) is 5.83. The standard InChI is InChI=1S/C13H21NO2S/c1-15-7-5-14(9-12-4-6-16-11-12)10-13-3-2-8-17-13/h2-3,8,12H,4-7,9-11H2,1H3/t12-/m0/s1. The van der Waals surface area contributed by atoms with Crippen molar-refractivity contribution in [2.45, 2.75) is 13.0 Å². The van der Waals surface area contributed by atoms with Crippen molar-refractivity contribution >= 4 is 11.3 Å². The summed E-state index contributed by atoms with van der Waals surface area (Å²) in [6, 6.07) is 4.32. The van der Waals surface area contributed by atoms with Gasteiger partial charge in [0.25, 0.3) is 0 Å². The minimum Gasteiger partial charge on any atom is -0.383 e. The van der Waals surface area contributed by atoms with E-state index in [-0.39, 0.29) is 0 Å². The third-order valence-electron chi connectivity index (χ3n) is 3.11. The summed E-state index contributed by atoms with van der Waals surface area (Å²) in [5.74, 6) is 0.701. The number of hydrogen-bond acceptors (Lipinski definition) is 4. The maximum atomic E-state index is 5.44. The SMILES string of the molecule is COCCN(Cc1cccs1)C[C@@H]1CCOC1. The van der Waals surface area contributed by atoms with E-state index in [0.717, 1.165) is 39.5 Å². The van der Waals surface area contributed by atoms with Crippen LogP contribution in [-0.4, -0.2) is 44.9 Å². The van der Waals surface area contributed by atoms with Crippen molar-refractivity contribution in [3.63, 3.8) is 0 Å². The van der Waals surface area contributed by atoms with E-state index < -0.39 is 0 Å². The first-order valence-electron chi connectivity index (χ1n) is 6.20. The highest BCUT2D eigenvalue weighted by atomic mass is 32.1. The van der Waals surface area contributed by atoms with Crippen LogP contribution in [0.25, 0.3) is 0 Å². The molecule has 0 spiro atoms. The Morgan fingerprint density at radius 1 is 1.59 bits per heavy atom. The smallest absolute Gasteiger partial charge is 0.0589 e. The lowest BCUT2D eigenvalue weighted by molar-refractivity contribution is 0.125. The molecule has 1 fully saturated rings. The van der Waals surface area contributed by atoms with Gasteiger partial charge in [-0.2, -0.15) is 0 Å². The van der Waals surface area contributed by atoms with Crippen molar-refractivity contribution < 1.29 is 9.47 Å². The Hall–Kier alpha value is -0.420. The van der Waals surface area contributed by atoms with Gasteiger partial charge in [-0.1, -0.05) is 6.07 Å². The van der Waals surface area contributed by atoms with Gasteiger partial charge in [0.05, 0.1) is 13.2 Å². The largest absolute Gasteiger partial charge is 0.383 e. The van der Waals surface area contributed by atoms with Crippen LogP contribution in [-0.2, 0) is 16.0 Å². The van der Waals surface area contributed by atoms with Gasteiger partial charge in [-0.05, 0) is 23.8 Å². The Morgan fingerprint density at radius 2 is 2.53 bits per heavy atom. The molecule has 0 N–H and O–H groups in total. The van der Waals surface area contributed by atoms with Gasteiger partial charge in [0.2, 0.25) is 0 Å². The van der Waals surface area contributed by atoms with E-state index in [9.17, 15) is 0 Å². The number of ether oxygens (including phenoxy) is 2. The molecule has 2 heterocycles. The van der Waals surface area contributed by atoms with Gasteiger partial charge in [-0.3, -0.25) is 4.90 Å². The van der Waals surface area contributed by atoms with Gasteiger partial charge < -0.3 is 9.47 Å². The minimum atomic E-state index is 0.701. The zero-order valence-electron chi connectivity index (χ0n) is 10.4. The predicted molar refractivity (Wildman–Crippen MR) is 70.4 cm³/mol. The van der Waals surface area contributed by atoms with E-state index >= 15 is 0 Å². The molecular formula is C13H21NO2S. The molecule has 17 heavy (non-hydrogen) atoms. The summed E-state index contributed by atoms with van der Waals surface area (Å²) < 4.78 is 10.6. The van der Waals surface area contributed by atoms with E-state index in [1.165, 1.54) is 11.3 Å². The molecule has 0 aliphatic carbocycles. The monoisotopic (exact) mass is 255 g/mol. The van der Waals surface area contributed by atoms with Crippen molar-refractivity contribution in [2.75, 3.05) is 40.0 Å². The van der Waals surface area contributed by atoms with Crippen LogP contribution in [0.4, 0.5) is 0 Å². The average molecular weight is 255 g/mol. The van der Waals surface area contributed by atoms with Crippen LogP contribution in [0, 0.1) is 5.92 Å². The summed E-state index contributed by atoms with van der Waals surface area (Å²) in [7, 11) is 1.77. The molecule has 4 heteroatoms. The molecule has 0 saturated carbocycles. The molecule has 2 rings (SSSR count). The normalized spacial score (nSPS) is 20.2. The fourth-order valence-electron chi connectivity index (χ4n) is 2.17. The third kappa shape index (κ3) is 4.39. The number of rotatable bonds is 7. The highest BCUT2D eigenvalue weighted by Crippen LogP contribution is 2.17. The molecule has 96 valence electrons. The average Bonchev–Trinajstić information content (AvgIpc) is 2.99. The molecule has 3 nitrogen and oxygen atoms in total. The first kappa shape index (κ1) is 13.0. The summed E-state index contributed by atoms with van der Waals surface area (Å²) in [5.41, 5.74) is 0. The first-order valence-corrected chi connectivity index (χ1v) is 7.08. The van der Waals surface area contributed by atoms with Crippen LogP contribution in [0.3, 0.4) is 0 Å². The Morgan fingerprint density at radius 3 is 3.18 bits per heavy atom. The van der Waals surface area contributed by atoms with Gasteiger partial charge in [0, 0.05) is 38.2 Å². The number of thiophene rings is 1. The van der Waals surface area contributed by atoms with Crippen molar-refractivity contribution in [2.24, 2.45) is 5.92 Å². The van der Waals surface area contributed by atoms with E-state index in [4.69, 9.17) is 9.47 Å². The number of nitrogens with zero attached hydrogens (tertiary/aromatic N) is 1. The van der Waals surface area contributed by atoms with Gasteiger partial charge in [-0.25, -0.2) is 0 Å². The highest BCUT2D eigenvalue weighted by molar-refractivity contribution is 7.09. The zero-order chi connectivity index (χ0) is 11.9. The molecule has 1 aromatic heterocycles. The van der Waals surface area contributed by atoms with E-state index in [2.05, 4.69) is 22.4 Å². The zero-order valence-corrected chi connectivity index (χ0v) is 11.2. The Balaban J connectivity index is 1.83. The number of hydrogen-bond donors (Lipinski definition) is 0. The highest BCUT2D eigenvalue weighted by Gasteiger charge is 2.19. The first-order chi connectivity index (χ1) is 8.38. The molecule has 1 atom stereocenters. The molecular weight excluding hydrogens is 234 g/mol. The molecule has 0 aromatic carbocycles. The lowest BCUT2D eigenvalue weighted by Gasteiger charge is -2.24. The van der Waals surface area contributed by atoms with Crippen molar-refractivity contribution in [3.8, 4) is 0 Å². The molecule has 1 aromatic rings. The minimum absolute atomic E-state index is 0.701. The Kier molecular flexibility index (Phi) is 5.45. The van der Waals surface area contributed by atoms with Crippen LogP contribution in [0.1, 0.15) is 11.3 Å². The molecule has 0 unspecified atom stereocenters. The van der Waals surface area contributed by atoms with Crippen molar-refractivity contribution in [1.82, 2.24) is 4.90 Å². The van der Waals surface area contributed by atoms with Gasteiger partial charge in [0.15, 0.2) is 0 Å². The van der Waals surface area contributed by atoms with Crippen molar-refractivity contribution in [1.29, 1.82) is 0 Å². The second kappa shape index (κ2) is 7.11. The summed E-state index contributed by atoms with van der Waals surface area (Å²) >= 11 is 1.83.